The van der Waals surface area contributed by atoms with Crippen molar-refractivity contribution in [2.45, 2.75) is 25.0 Å². The number of hydrogen-bond acceptors (Lipinski definition) is 4. The average Bonchev–Trinajstić information content (AvgIpc) is 3.00. The SMILES string of the molecule is OCC1CCCN1CC(O)COc1cccc2ccccc12. The molecule has 2 unspecified atom stereocenters. The Labute approximate surface area is 130 Å². The predicted octanol–water partition coefficient (Wildman–Crippen LogP) is 2.04. The zero-order chi connectivity index (χ0) is 15.4. The standard InChI is InChI=1S/C18H23NO3/c20-12-15-7-4-10-19(15)11-16(21)13-22-18-9-3-6-14-5-1-2-8-17(14)18/h1-3,5-6,8-9,15-16,20-21H,4,7,10-13H2. The fourth-order valence-corrected chi connectivity index (χ4v) is 3.17. The number of β-amino-alcohol motifs (C(OH)–C–C–N with tert-alkyl or cyclic N) is 1. The second-order valence-corrected chi connectivity index (χ2v) is 5.92. The Morgan fingerprint density at radius 2 is 2.00 bits per heavy atom. The van der Waals surface area contributed by atoms with Gasteiger partial charge in [0.25, 0.3) is 0 Å². The van der Waals surface area contributed by atoms with Gasteiger partial charge in [-0.2, -0.15) is 0 Å². The van der Waals surface area contributed by atoms with E-state index in [1.165, 1.54) is 0 Å². The van der Waals surface area contributed by atoms with Crippen molar-refractivity contribution in [1.29, 1.82) is 0 Å². The molecule has 2 atom stereocenters. The van der Waals surface area contributed by atoms with Crippen molar-refractivity contribution in [2.75, 3.05) is 26.3 Å². The monoisotopic (exact) mass is 301 g/mol. The van der Waals surface area contributed by atoms with E-state index in [-0.39, 0.29) is 19.3 Å². The Balaban J connectivity index is 1.59. The van der Waals surface area contributed by atoms with E-state index in [4.69, 9.17) is 4.74 Å². The van der Waals surface area contributed by atoms with Crippen LogP contribution in [0.4, 0.5) is 0 Å². The minimum atomic E-state index is -0.550. The van der Waals surface area contributed by atoms with Gasteiger partial charge in [0.2, 0.25) is 0 Å². The van der Waals surface area contributed by atoms with Crippen molar-refractivity contribution in [2.24, 2.45) is 0 Å². The highest BCUT2D eigenvalue weighted by Crippen LogP contribution is 2.25. The van der Waals surface area contributed by atoms with E-state index in [0.29, 0.717) is 6.54 Å². The van der Waals surface area contributed by atoms with E-state index in [0.717, 1.165) is 35.9 Å². The second-order valence-electron chi connectivity index (χ2n) is 5.92. The van der Waals surface area contributed by atoms with Crippen LogP contribution in [0.1, 0.15) is 12.8 Å². The summed E-state index contributed by atoms with van der Waals surface area (Å²) in [5.41, 5.74) is 0. The Morgan fingerprint density at radius 3 is 2.86 bits per heavy atom. The zero-order valence-corrected chi connectivity index (χ0v) is 12.7. The van der Waals surface area contributed by atoms with Crippen molar-refractivity contribution in [3.05, 3.63) is 42.5 Å². The number of likely N-dealkylation sites (tertiary alicyclic amines) is 1. The number of hydrogen-bond donors (Lipinski definition) is 2. The van der Waals surface area contributed by atoms with Crippen LogP contribution in [0.5, 0.6) is 5.75 Å². The summed E-state index contributed by atoms with van der Waals surface area (Å²) in [6.45, 7) is 1.92. The molecule has 1 aliphatic heterocycles. The highest BCUT2D eigenvalue weighted by molar-refractivity contribution is 5.88. The molecule has 4 heteroatoms. The summed E-state index contributed by atoms with van der Waals surface area (Å²) in [7, 11) is 0. The van der Waals surface area contributed by atoms with Crippen LogP contribution in [0.2, 0.25) is 0 Å². The second kappa shape index (κ2) is 7.09. The summed E-state index contributed by atoms with van der Waals surface area (Å²) in [6.07, 6.45) is 1.54. The van der Waals surface area contributed by atoms with Gasteiger partial charge >= 0.3 is 0 Å². The summed E-state index contributed by atoms with van der Waals surface area (Å²) in [5, 5.41) is 21.7. The summed E-state index contributed by atoms with van der Waals surface area (Å²) in [4.78, 5) is 2.15. The third-order valence-electron chi connectivity index (χ3n) is 4.34. The van der Waals surface area contributed by atoms with E-state index >= 15 is 0 Å². The first-order valence-electron chi connectivity index (χ1n) is 7.91. The molecule has 1 heterocycles. The molecule has 118 valence electrons. The first-order valence-corrected chi connectivity index (χ1v) is 7.91. The minimum absolute atomic E-state index is 0.164. The van der Waals surface area contributed by atoms with Crippen LogP contribution in [0.15, 0.2) is 42.5 Å². The Hall–Kier alpha value is -1.62. The predicted molar refractivity (Wildman–Crippen MR) is 87.1 cm³/mol. The number of fused-ring (bicyclic) bond motifs is 1. The molecule has 0 bridgehead atoms. The normalized spacial score (nSPS) is 20.4. The van der Waals surface area contributed by atoms with Crippen molar-refractivity contribution < 1.29 is 14.9 Å². The molecular weight excluding hydrogens is 278 g/mol. The summed E-state index contributed by atoms with van der Waals surface area (Å²) in [5.74, 6) is 0.803. The molecule has 0 spiro atoms. The molecule has 2 aromatic carbocycles. The molecule has 2 N–H and O–H groups in total. The number of benzene rings is 2. The molecule has 0 saturated carbocycles. The maximum absolute atomic E-state index is 10.2. The minimum Gasteiger partial charge on any atom is -0.490 e. The van der Waals surface area contributed by atoms with Crippen molar-refractivity contribution in [1.82, 2.24) is 4.90 Å². The van der Waals surface area contributed by atoms with Crippen LogP contribution in [0, 0.1) is 0 Å². The van der Waals surface area contributed by atoms with Gasteiger partial charge in [0.1, 0.15) is 18.5 Å². The van der Waals surface area contributed by atoms with E-state index in [2.05, 4.69) is 17.0 Å². The number of aliphatic hydroxyl groups is 2. The van der Waals surface area contributed by atoms with Crippen LogP contribution in [0.3, 0.4) is 0 Å². The van der Waals surface area contributed by atoms with E-state index < -0.39 is 6.10 Å². The van der Waals surface area contributed by atoms with E-state index in [1.54, 1.807) is 0 Å². The molecule has 22 heavy (non-hydrogen) atoms. The van der Waals surface area contributed by atoms with Crippen molar-refractivity contribution in [3.63, 3.8) is 0 Å². The first kappa shape index (κ1) is 15.3. The van der Waals surface area contributed by atoms with Gasteiger partial charge in [0, 0.05) is 18.0 Å². The highest BCUT2D eigenvalue weighted by Gasteiger charge is 2.25. The lowest BCUT2D eigenvalue weighted by molar-refractivity contribution is 0.0537. The smallest absolute Gasteiger partial charge is 0.127 e. The van der Waals surface area contributed by atoms with Crippen molar-refractivity contribution in [3.8, 4) is 5.75 Å². The molecule has 4 nitrogen and oxygen atoms in total. The van der Waals surface area contributed by atoms with Gasteiger partial charge in [0.05, 0.1) is 6.61 Å². The Morgan fingerprint density at radius 1 is 1.18 bits per heavy atom. The fraction of sp³-hybridized carbons (Fsp3) is 0.444. The molecule has 0 amide bonds. The van der Waals surface area contributed by atoms with E-state index in [9.17, 15) is 10.2 Å². The maximum atomic E-state index is 10.2. The molecular formula is C18H23NO3. The first-order chi connectivity index (χ1) is 10.8. The topological polar surface area (TPSA) is 52.9 Å². The van der Waals surface area contributed by atoms with Gasteiger partial charge in [-0.3, -0.25) is 4.90 Å². The third kappa shape index (κ3) is 3.40. The highest BCUT2D eigenvalue weighted by atomic mass is 16.5. The lowest BCUT2D eigenvalue weighted by Crippen LogP contribution is -2.40. The lowest BCUT2D eigenvalue weighted by Gasteiger charge is -2.25. The zero-order valence-electron chi connectivity index (χ0n) is 12.7. The molecule has 1 fully saturated rings. The Kier molecular flexibility index (Phi) is 4.93. The molecule has 3 rings (SSSR count). The summed E-state index contributed by atoms with van der Waals surface area (Å²) in [6, 6.07) is 14.2. The van der Waals surface area contributed by atoms with Crippen LogP contribution in [0.25, 0.3) is 10.8 Å². The lowest BCUT2D eigenvalue weighted by atomic mass is 10.1. The van der Waals surface area contributed by atoms with Crippen LogP contribution in [-0.2, 0) is 0 Å². The molecule has 0 aromatic heterocycles. The van der Waals surface area contributed by atoms with Crippen LogP contribution < -0.4 is 4.74 Å². The fourth-order valence-electron chi connectivity index (χ4n) is 3.17. The van der Waals surface area contributed by atoms with Gasteiger partial charge in [-0.15, -0.1) is 0 Å². The largest absolute Gasteiger partial charge is 0.490 e. The van der Waals surface area contributed by atoms with Crippen LogP contribution in [-0.4, -0.2) is 53.6 Å². The molecule has 2 aromatic rings. The summed E-state index contributed by atoms with van der Waals surface area (Å²) >= 11 is 0. The number of aliphatic hydroxyl groups excluding tert-OH is 2. The molecule has 1 aliphatic rings. The van der Waals surface area contributed by atoms with Gasteiger partial charge in [-0.05, 0) is 30.8 Å². The molecule has 1 saturated heterocycles. The van der Waals surface area contributed by atoms with E-state index in [1.807, 2.05) is 30.3 Å². The third-order valence-corrected chi connectivity index (χ3v) is 4.34. The summed E-state index contributed by atoms with van der Waals surface area (Å²) < 4.78 is 5.82. The van der Waals surface area contributed by atoms with Crippen molar-refractivity contribution >= 4 is 10.8 Å². The maximum Gasteiger partial charge on any atom is 0.127 e. The van der Waals surface area contributed by atoms with Gasteiger partial charge in [-0.25, -0.2) is 0 Å². The average molecular weight is 301 g/mol. The number of rotatable bonds is 6. The van der Waals surface area contributed by atoms with Gasteiger partial charge in [-0.1, -0.05) is 36.4 Å². The quantitative estimate of drug-likeness (QED) is 0.857. The van der Waals surface area contributed by atoms with Gasteiger partial charge < -0.3 is 14.9 Å². The molecule has 0 aliphatic carbocycles. The number of nitrogens with zero attached hydrogens (tertiary/aromatic N) is 1. The Bertz CT molecular complexity index is 611. The van der Waals surface area contributed by atoms with Crippen LogP contribution >= 0.6 is 0 Å². The molecule has 0 radical (unpaired) electrons. The number of ether oxygens (including phenoxy) is 1. The van der Waals surface area contributed by atoms with Gasteiger partial charge in [0.15, 0.2) is 0 Å².